The molecule has 2 atom stereocenters. The van der Waals surface area contributed by atoms with Crippen molar-refractivity contribution in [3.63, 3.8) is 0 Å². The van der Waals surface area contributed by atoms with Crippen LogP contribution < -0.4 is 24.8 Å². The van der Waals surface area contributed by atoms with Crippen molar-refractivity contribution in [1.82, 2.24) is 0 Å². The van der Waals surface area contributed by atoms with E-state index in [0.717, 1.165) is 28.4 Å². The molecule has 6 rings (SSSR count). The average molecular weight is 485 g/mol. The smallest absolute Gasteiger partial charge is 0.279 e. The number of nitrogens with one attached hydrogen (secondary N) is 2. The van der Waals surface area contributed by atoms with Gasteiger partial charge in [0.1, 0.15) is 5.75 Å². The number of allylic oxidation sites excluding steroid dienone is 1. The number of fused-ring (bicyclic) bond motifs is 2. The van der Waals surface area contributed by atoms with Crippen LogP contribution in [0.25, 0.3) is 0 Å². The summed E-state index contributed by atoms with van der Waals surface area (Å²) in [4.78, 5) is 25.4. The van der Waals surface area contributed by atoms with Gasteiger partial charge in [0, 0.05) is 17.7 Å². The molecule has 1 aliphatic carbocycles. The number of carbonyl (C=O) groups excluding carboxylic acids is 1. The molecule has 182 valence electrons. The predicted octanol–water partition coefficient (Wildman–Crippen LogP) is 5.31. The lowest BCUT2D eigenvalue weighted by Gasteiger charge is -2.30. The van der Waals surface area contributed by atoms with Crippen molar-refractivity contribution in [2.24, 2.45) is 0 Å². The standard InChI is InChI=1S/C27H23N3O6/c1-34-17-6-4-5-15(9-17)16-10-21-26(23(31)11-16)27(29-20-8-3-2-7-19(20)28-21)18-12-24-25(36-14-35-24)13-22(18)30(32)33/h2-9,12-13,16,27-29H,10-11,14H2,1H3/t16-,27+/m0/s1. The topological polar surface area (TPSA) is 112 Å². The maximum Gasteiger partial charge on any atom is 0.279 e. The molecule has 0 amide bonds. The summed E-state index contributed by atoms with van der Waals surface area (Å²) in [6, 6.07) is 17.6. The Kier molecular flexibility index (Phi) is 5.25. The van der Waals surface area contributed by atoms with Gasteiger partial charge in [-0.15, -0.1) is 0 Å². The summed E-state index contributed by atoms with van der Waals surface area (Å²) >= 11 is 0. The number of carbonyl (C=O) groups is 1. The van der Waals surface area contributed by atoms with Gasteiger partial charge in [-0.3, -0.25) is 14.9 Å². The van der Waals surface area contributed by atoms with E-state index in [1.54, 1.807) is 13.2 Å². The highest BCUT2D eigenvalue weighted by molar-refractivity contribution is 6.01. The van der Waals surface area contributed by atoms with Crippen molar-refractivity contribution < 1.29 is 23.9 Å². The number of hydrogen-bond acceptors (Lipinski definition) is 8. The first-order valence-electron chi connectivity index (χ1n) is 11.6. The quantitative estimate of drug-likeness (QED) is 0.378. The second-order valence-corrected chi connectivity index (χ2v) is 8.97. The third kappa shape index (κ3) is 3.69. The Morgan fingerprint density at radius 3 is 2.56 bits per heavy atom. The molecule has 3 aliphatic rings. The summed E-state index contributed by atoms with van der Waals surface area (Å²) in [6.45, 7) is -0.00643. The van der Waals surface area contributed by atoms with Crippen molar-refractivity contribution in [2.45, 2.75) is 24.8 Å². The Hall–Kier alpha value is -4.53. The first kappa shape index (κ1) is 22.0. The van der Waals surface area contributed by atoms with Crippen LogP contribution in [-0.4, -0.2) is 24.6 Å². The molecule has 0 unspecified atom stereocenters. The highest BCUT2D eigenvalue weighted by Gasteiger charge is 2.39. The maximum absolute atomic E-state index is 13.8. The fraction of sp³-hybridized carbons (Fsp3) is 0.222. The third-order valence-corrected chi connectivity index (χ3v) is 6.90. The number of ether oxygens (including phenoxy) is 3. The van der Waals surface area contributed by atoms with Crippen LogP contribution in [-0.2, 0) is 4.79 Å². The molecule has 9 heteroatoms. The number of Topliss-reactive ketones (excluding diaryl/α,β-unsaturated/α-hetero) is 1. The predicted molar refractivity (Wildman–Crippen MR) is 133 cm³/mol. The second kappa shape index (κ2) is 8.60. The fourth-order valence-corrected chi connectivity index (χ4v) is 5.19. The van der Waals surface area contributed by atoms with E-state index in [1.807, 2.05) is 48.5 Å². The van der Waals surface area contributed by atoms with Crippen molar-refractivity contribution in [1.29, 1.82) is 0 Å². The molecular weight excluding hydrogens is 462 g/mol. The van der Waals surface area contributed by atoms with Crippen molar-refractivity contribution in [2.75, 3.05) is 24.5 Å². The van der Waals surface area contributed by atoms with Crippen LogP contribution >= 0.6 is 0 Å². The largest absolute Gasteiger partial charge is 0.497 e. The minimum absolute atomic E-state index is 0.00643. The van der Waals surface area contributed by atoms with Gasteiger partial charge >= 0.3 is 0 Å². The van der Waals surface area contributed by atoms with Gasteiger partial charge in [0.2, 0.25) is 6.79 Å². The number of hydrogen-bond donors (Lipinski definition) is 2. The molecule has 2 aliphatic heterocycles. The van der Waals surface area contributed by atoms with Crippen LogP contribution in [0.5, 0.6) is 17.2 Å². The number of rotatable bonds is 4. The molecule has 0 bridgehead atoms. The van der Waals surface area contributed by atoms with Crippen molar-refractivity contribution >= 4 is 22.8 Å². The number of para-hydroxylation sites is 2. The number of nitrogens with zero attached hydrogens (tertiary/aromatic N) is 1. The van der Waals surface area contributed by atoms with E-state index in [0.29, 0.717) is 29.1 Å². The van der Waals surface area contributed by atoms with E-state index < -0.39 is 11.0 Å². The molecule has 3 aromatic rings. The lowest BCUT2D eigenvalue weighted by molar-refractivity contribution is -0.385. The van der Waals surface area contributed by atoms with Gasteiger partial charge in [-0.25, -0.2) is 0 Å². The first-order chi connectivity index (χ1) is 17.5. The van der Waals surface area contributed by atoms with E-state index in [9.17, 15) is 14.9 Å². The summed E-state index contributed by atoms with van der Waals surface area (Å²) in [6.07, 6.45) is 0.847. The lowest BCUT2D eigenvalue weighted by atomic mass is 9.78. The van der Waals surface area contributed by atoms with Crippen LogP contribution in [0.15, 0.2) is 71.9 Å². The van der Waals surface area contributed by atoms with Gasteiger partial charge in [-0.05, 0) is 48.2 Å². The minimum Gasteiger partial charge on any atom is -0.497 e. The lowest BCUT2D eigenvalue weighted by Crippen LogP contribution is -2.27. The number of methoxy groups -OCH3 is 1. The SMILES string of the molecule is COc1cccc([C@@H]2CC(=O)C3=C(C2)Nc2ccccc2N[C@@H]3c2cc3c(cc2[N+](=O)[O-])OCO3)c1. The molecule has 2 N–H and O–H groups in total. The van der Waals surface area contributed by atoms with Crippen LogP contribution in [0.1, 0.15) is 35.9 Å². The van der Waals surface area contributed by atoms with E-state index in [4.69, 9.17) is 14.2 Å². The summed E-state index contributed by atoms with van der Waals surface area (Å²) in [5.74, 6) is 1.34. The summed E-state index contributed by atoms with van der Waals surface area (Å²) < 4.78 is 16.3. The Labute approximate surface area is 206 Å². The summed E-state index contributed by atoms with van der Waals surface area (Å²) in [7, 11) is 1.62. The van der Waals surface area contributed by atoms with Gasteiger partial charge < -0.3 is 24.8 Å². The Morgan fingerprint density at radius 1 is 1.00 bits per heavy atom. The summed E-state index contributed by atoms with van der Waals surface area (Å²) in [5.41, 5.74) is 4.01. The normalized spacial score (nSPS) is 20.0. The molecular formula is C27H23N3O6. The van der Waals surface area contributed by atoms with E-state index >= 15 is 0 Å². The Balaban J connectivity index is 1.50. The van der Waals surface area contributed by atoms with Crippen molar-refractivity contribution in [3.05, 3.63) is 93.2 Å². The van der Waals surface area contributed by atoms with E-state index in [1.165, 1.54) is 6.07 Å². The van der Waals surface area contributed by atoms with E-state index in [2.05, 4.69) is 10.6 Å². The first-order valence-corrected chi connectivity index (χ1v) is 11.6. The fourth-order valence-electron chi connectivity index (χ4n) is 5.19. The molecule has 0 radical (unpaired) electrons. The van der Waals surface area contributed by atoms with Gasteiger partial charge in [0.25, 0.3) is 5.69 Å². The molecule has 36 heavy (non-hydrogen) atoms. The zero-order valence-corrected chi connectivity index (χ0v) is 19.4. The van der Waals surface area contributed by atoms with Gasteiger partial charge in [-0.2, -0.15) is 0 Å². The molecule has 0 saturated carbocycles. The van der Waals surface area contributed by atoms with Gasteiger partial charge in [0.05, 0.1) is 41.1 Å². The molecule has 0 spiro atoms. The summed E-state index contributed by atoms with van der Waals surface area (Å²) in [5, 5.41) is 19.0. The van der Waals surface area contributed by atoms with Gasteiger partial charge in [0.15, 0.2) is 17.3 Å². The molecule has 0 saturated heterocycles. The van der Waals surface area contributed by atoms with Crippen LogP contribution in [0.4, 0.5) is 17.1 Å². The van der Waals surface area contributed by atoms with Crippen LogP contribution in [0.3, 0.4) is 0 Å². The zero-order chi connectivity index (χ0) is 24.8. The number of nitro groups is 1. The maximum atomic E-state index is 13.8. The van der Waals surface area contributed by atoms with E-state index in [-0.39, 0.29) is 30.6 Å². The third-order valence-electron chi connectivity index (χ3n) is 6.90. The van der Waals surface area contributed by atoms with Crippen LogP contribution in [0, 0.1) is 10.1 Å². The number of nitro benzene ring substituents is 1. The zero-order valence-electron chi connectivity index (χ0n) is 19.4. The minimum atomic E-state index is -0.746. The molecule has 0 aromatic heterocycles. The number of anilines is 2. The number of benzene rings is 3. The average Bonchev–Trinajstić information content (AvgIpc) is 3.28. The monoisotopic (exact) mass is 485 g/mol. The highest BCUT2D eigenvalue weighted by atomic mass is 16.7. The van der Waals surface area contributed by atoms with Crippen molar-refractivity contribution in [3.8, 4) is 17.2 Å². The highest BCUT2D eigenvalue weighted by Crippen LogP contribution is 2.48. The molecule has 2 heterocycles. The molecule has 3 aromatic carbocycles. The second-order valence-electron chi connectivity index (χ2n) is 8.97. The number of ketones is 1. The molecule has 9 nitrogen and oxygen atoms in total. The Bertz CT molecular complexity index is 1430. The van der Waals surface area contributed by atoms with Gasteiger partial charge in [-0.1, -0.05) is 24.3 Å². The van der Waals surface area contributed by atoms with Crippen LogP contribution in [0.2, 0.25) is 0 Å². The molecule has 0 fully saturated rings. The Morgan fingerprint density at radius 2 is 1.78 bits per heavy atom.